The van der Waals surface area contributed by atoms with Crippen LogP contribution in [0.5, 0.6) is 5.75 Å². The highest BCUT2D eigenvalue weighted by Crippen LogP contribution is 2.19. The Bertz CT molecular complexity index is 703. The van der Waals surface area contributed by atoms with Crippen LogP contribution in [0.2, 0.25) is 0 Å². The van der Waals surface area contributed by atoms with E-state index in [0.717, 1.165) is 16.9 Å². The summed E-state index contributed by atoms with van der Waals surface area (Å²) >= 11 is 0. The van der Waals surface area contributed by atoms with E-state index in [1.807, 2.05) is 43.1 Å². The molecule has 134 valence electrons. The number of hydrogen-bond donors (Lipinski definition) is 0. The Kier molecular flexibility index (Phi) is 6.53. The summed E-state index contributed by atoms with van der Waals surface area (Å²) in [5, 5.41) is 0. The molecule has 5 heteroatoms. The molecule has 2 aromatic rings. The molecular weight excluding hydrogens is 319 g/mol. The number of methoxy groups -OCH3 is 1. The average Bonchev–Trinajstić information content (AvgIpc) is 2.61. The van der Waals surface area contributed by atoms with Gasteiger partial charge in [0.05, 0.1) is 13.7 Å². The molecule has 0 aliphatic heterocycles. The lowest BCUT2D eigenvalue weighted by Crippen LogP contribution is -2.37. The summed E-state index contributed by atoms with van der Waals surface area (Å²) in [5.74, 6) is 0.549. The number of halogens is 1. The number of ether oxygens (including phenoxy) is 1. The van der Waals surface area contributed by atoms with E-state index in [4.69, 9.17) is 4.74 Å². The van der Waals surface area contributed by atoms with Gasteiger partial charge in [0.1, 0.15) is 11.6 Å². The van der Waals surface area contributed by atoms with Crippen LogP contribution in [0.4, 0.5) is 4.39 Å². The highest BCUT2D eigenvalue weighted by atomic mass is 19.1. The van der Waals surface area contributed by atoms with Crippen molar-refractivity contribution in [3.05, 3.63) is 65.5 Å². The first kappa shape index (κ1) is 18.9. The van der Waals surface area contributed by atoms with Gasteiger partial charge in [0, 0.05) is 19.6 Å². The van der Waals surface area contributed by atoms with Crippen LogP contribution in [-0.2, 0) is 11.3 Å². The maximum atomic E-state index is 13.0. The van der Waals surface area contributed by atoms with Gasteiger partial charge in [-0.05, 0) is 49.4 Å². The van der Waals surface area contributed by atoms with Crippen molar-refractivity contribution < 1.29 is 13.9 Å². The lowest BCUT2D eigenvalue weighted by Gasteiger charge is -2.27. The molecule has 0 saturated heterocycles. The fourth-order valence-electron chi connectivity index (χ4n) is 2.60. The van der Waals surface area contributed by atoms with E-state index >= 15 is 0 Å². The quantitative estimate of drug-likeness (QED) is 0.771. The van der Waals surface area contributed by atoms with Crippen molar-refractivity contribution in [3.8, 4) is 5.75 Å². The Morgan fingerprint density at radius 2 is 1.84 bits per heavy atom. The molecule has 0 spiro atoms. The molecule has 0 aromatic heterocycles. The monoisotopic (exact) mass is 344 g/mol. The van der Waals surface area contributed by atoms with Crippen LogP contribution in [0.15, 0.2) is 48.5 Å². The molecule has 0 saturated carbocycles. The summed E-state index contributed by atoms with van der Waals surface area (Å²) in [6.45, 7) is 2.82. The van der Waals surface area contributed by atoms with Gasteiger partial charge in [-0.1, -0.05) is 24.3 Å². The molecule has 0 aliphatic rings. The summed E-state index contributed by atoms with van der Waals surface area (Å²) in [6, 6.07) is 14.1. The summed E-state index contributed by atoms with van der Waals surface area (Å²) in [7, 11) is 5.31. The highest BCUT2D eigenvalue weighted by Gasteiger charge is 2.17. The molecule has 1 atom stereocenters. The van der Waals surface area contributed by atoms with E-state index in [0.29, 0.717) is 13.1 Å². The Hall–Kier alpha value is -2.40. The molecule has 4 nitrogen and oxygen atoms in total. The molecule has 0 N–H and O–H groups in total. The fourth-order valence-corrected chi connectivity index (χ4v) is 2.60. The number of likely N-dealkylation sites (N-methyl/N-ethyl adjacent to an activating group) is 2. The average molecular weight is 344 g/mol. The lowest BCUT2D eigenvalue weighted by atomic mass is 10.1. The van der Waals surface area contributed by atoms with E-state index in [9.17, 15) is 9.18 Å². The number of rotatable bonds is 7. The minimum Gasteiger partial charge on any atom is -0.497 e. The first-order chi connectivity index (χ1) is 11.9. The Morgan fingerprint density at radius 1 is 1.16 bits per heavy atom. The van der Waals surface area contributed by atoms with E-state index in [1.165, 1.54) is 12.1 Å². The SMILES string of the molecule is COc1cccc(CN(C)C(=O)CN(C)C(C)c2ccc(F)cc2)c1. The van der Waals surface area contributed by atoms with E-state index < -0.39 is 0 Å². The lowest BCUT2D eigenvalue weighted by molar-refractivity contribution is -0.131. The fraction of sp³-hybridized carbons (Fsp3) is 0.350. The number of hydrogen-bond acceptors (Lipinski definition) is 3. The molecule has 0 fully saturated rings. The van der Waals surface area contributed by atoms with Gasteiger partial charge in [-0.3, -0.25) is 9.69 Å². The summed E-state index contributed by atoms with van der Waals surface area (Å²) in [5.41, 5.74) is 2.00. The van der Waals surface area contributed by atoms with Crippen LogP contribution >= 0.6 is 0 Å². The largest absolute Gasteiger partial charge is 0.497 e. The molecule has 2 rings (SSSR count). The summed E-state index contributed by atoms with van der Waals surface area (Å²) in [6.07, 6.45) is 0. The third kappa shape index (κ3) is 5.29. The van der Waals surface area contributed by atoms with Gasteiger partial charge in [0.15, 0.2) is 0 Å². The second-order valence-corrected chi connectivity index (χ2v) is 6.24. The number of carbonyl (C=O) groups excluding carboxylic acids is 1. The zero-order valence-electron chi connectivity index (χ0n) is 15.2. The van der Waals surface area contributed by atoms with Crippen LogP contribution in [0.1, 0.15) is 24.1 Å². The van der Waals surface area contributed by atoms with Crippen molar-refractivity contribution in [2.24, 2.45) is 0 Å². The standard InChI is InChI=1S/C20H25FN2O2/c1-15(17-8-10-18(21)11-9-17)22(2)14-20(24)23(3)13-16-6-5-7-19(12-16)25-4/h5-12,15H,13-14H2,1-4H3. The maximum Gasteiger partial charge on any atom is 0.236 e. The third-order valence-corrected chi connectivity index (χ3v) is 4.38. The topological polar surface area (TPSA) is 32.8 Å². The Morgan fingerprint density at radius 3 is 2.48 bits per heavy atom. The van der Waals surface area contributed by atoms with Gasteiger partial charge in [0.25, 0.3) is 0 Å². The van der Waals surface area contributed by atoms with Crippen LogP contribution in [0, 0.1) is 5.82 Å². The van der Waals surface area contributed by atoms with E-state index in [1.54, 1.807) is 31.2 Å². The van der Waals surface area contributed by atoms with Crippen LogP contribution in [0.3, 0.4) is 0 Å². The van der Waals surface area contributed by atoms with Gasteiger partial charge in [-0.15, -0.1) is 0 Å². The molecule has 0 bridgehead atoms. The van der Waals surface area contributed by atoms with Crippen molar-refractivity contribution >= 4 is 5.91 Å². The second kappa shape index (κ2) is 8.62. The number of nitrogens with zero attached hydrogens (tertiary/aromatic N) is 2. The van der Waals surface area contributed by atoms with Gasteiger partial charge >= 0.3 is 0 Å². The molecule has 0 aliphatic carbocycles. The van der Waals surface area contributed by atoms with Gasteiger partial charge in [-0.2, -0.15) is 0 Å². The molecule has 2 aromatic carbocycles. The van der Waals surface area contributed by atoms with Crippen LogP contribution in [0.25, 0.3) is 0 Å². The summed E-state index contributed by atoms with van der Waals surface area (Å²) < 4.78 is 18.3. The number of amides is 1. The first-order valence-corrected chi connectivity index (χ1v) is 8.23. The van der Waals surface area contributed by atoms with Crippen molar-refractivity contribution in [1.82, 2.24) is 9.80 Å². The normalized spacial score (nSPS) is 12.1. The molecule has 0 heterocycles. The predicted molar refractivity (Wildman–Crippen MR) is 96.9 cm³/mol. The van der Waals surface area contributed by atoms with Crippen molar-refractivity contribution in [1.29, 1.82) is 0 Å². The Labute approximate surface area is 148 Å². The third-order valence-electron chi connectivity index (χ3n) is 4.38. The zero-order valence-corrected chi connectivity index (χ0v) is 15.2. The van der Waals surface area contributed by atoms with E-state index in [-0.39, 0.29) is 17.8 Å². The molecular formula is C20H25FN2O2. The van der Waals surface area contributed by atoms with Crippen LogP contribution in [-0.4, -0.2) is 43.5 Å². The highest BCUT2D eigenvalue weighted by molar-refractivity contribution is 5.78. The first-order valence-electron chi connectivity index (χ1n) is 8.23. The van der Waals surface area contributed by atoms with Gasteiger partial charge in [0.2, 0.25) is 5.91 Å². The molecule has 25 heavy (non-hydrogen) atoms. The molecule has 1 amide bonds. The van der Waals surface area contributed by atoms with E-state index in [2.05, 4.69) is 0 Å². The van der Waals surface area contributed by atoms with Crippen molar-refractivity contribution in [2.75, 3.05) is 27.7 Å². The smallest absolute Gasteiger partial charge is 0.236 e. The maximum absolute atomic E-state index is 13.0. The number of benzene rings is 2. The minimum atomic E-state index is -0.257. The number of carbonyl (C=O) groups is 1. The van der Waals surface area contributed by atoms with Crippen molar-refractivity contribution in [3.63, 3.8) is 0 Å². The Balaban J connectivity index is 1.94. The minimum absolute atomic E-state index is 0.0229. The summed E-state index contributed by atoms with van der Waals surface area (Å²) in [4.78, 5) is 16.1. The van der Waals surface area contributed by atoms with Crippen LogP contribution < -0.4 is 4.74 Å². The molecule has 1 unspecified atom stereocenters. The van der Waals surface area contributed by atoms with Crippen molar-refractivity contribution in [2.45, 2.75) is 19.5 Å². The van der Waals surface area contributed by atoms with Gasteiger partial charge < -0.3 is 9.64 Å². The predicted octanol–water partition coefficient (Wildman–Crippen LogP) is 3.49. The second-order valence-electron chi connectivity index (χ2n) is 6.24. The van der Waals surface area contributed by atoms with Gasteiger partial charge in [-0.25, -0.2) is 4.39 Å². The molecule has 0 radical (unpaired) electrons. The zero-order chi connectivity index (χ0) is 18.4.